The predicted octanol–water partition coefficient (Wildman–Crippen LogP) is 0.424. The molecule has 1 rings (SSSR count). The summed E-state index contributed by atoms with van der Waals surface area (Å²) in [6.45, 7) is -0.588. The SMILES string of the molecule is OCC(O)C(O)(Cl)c1ccccc1. The molecule has 0 radical (unpaired) electrons. The number of alkyl halides is 1. The van der Waals surface area contributed by atoms with E-state index in [1.165, 1.54) is 0 Å². The van der Waals surface area contributed by atoms with Crippen molar-refractivity contribution in [2.24, 2.45) is 0 Å². The molecule has 3 N–H and O–H groups in total. The number of benzene rings is 1. The molecular weight excluding hydrogens is 192 g/mol. The molecule has 0 spiro atoms. The maximum Gasteiger partial charge on any atom is 0.192 e. The van der Waals surface area contributed by atoms with Gasteiger partial charge in [0.05, 0.1) is 6.61 Å². The molecule has 0 aliphatic heterocycles. The van der Waals surface area contributed by atoms with E-state index in [9.17, 15) is 10.2 Å². The molecule has 1 aromatic rings. The largest absolute Gasteiger partial charge is 0.394 e. The minimum absolute atomic E-state index is 0.359. The van der Waals surface area contributed by atoms with Crippen LogP contribution in [0, 0.1) is 0 Å². The summed E-state index contributed by atoms with van der Waals surface area (Å²) in [6, 6.07) is 8.29. The summed E-state index contributed by atoms with van der Waals surface area (Å²) >= 11 is 5.66. The van der Waals surface area contributed by atoms with E-state index in [0.717, 1.165) is 0 Å². The highest BCUT2D eigenvalue weighted by molar-refractivity contribution is 6.23. The third-order valence-corrected chi connectivity index (χ3v) is 2.26. The average Bonchev–Trinajstić information content (AvgIpc) is 2.18. The van der Waals surface area contributed by atoms with Gasteiger partial charge in [-0.3, -0.25) is 0 Å². The maximum atomic E-state index is 9.61. The van der Waals surface area contributed by atoms with E-state index in [0.29, 0.717) is 5.56 Å². The molecule has 0 heterocycles. The van der Waals surface area contributed by atoms with E-state index in [4.69, 9.17) is 16.7 Å². The van der Waals surface area contributed by atoms with Gasteiger partial charge in [-0.15, -0.1) is 0 Å². The summed E-state index contributed by atoms with van der Waals surface area (Å²) in [4.78, 5) is 0. The molecule has 13 heavy (non-hydrogen) atoms. The third kappa shape index (κ3) is 2.19. The molecule has 0 aliphatic rings. The second-order valence-corrected chi connectivity index (χ2v) is 3.31. The van der Waals surface area contributed by atoms with Crippen LogP contribution in [-0.4, -0.2) is 28.0 Å². The van der Waals surface area contributed by atoms with Gasteiger partial charge in [0.2, 0.25) is 0 Å². The zero-order chi connectivity index (χ0) is 9.90. The highest BCUT2D eigenvalue weighted by atomic mass is 35.5. The van der Waals surface area contributed by atoms with Crippen LogP contribution in [0.25, 0.3) is 0 Å². The Balaban J connectivity index is 2.93. The van der Waals surface area contributed by atoms with Crippen LogP contribution in [0.3, 0.4) is 0 Å². The van der Waals surface area contributed by atoms with Crippen molar-refractivity contribution in [3.8, 4) is 0 Å². The maximum absolute atomic E-state index is 9.61. The van der Waals surface area contributed by atoms with Crippen LogP contribution >= 0.6 is 11.6 Å². The molecule has 0 amide bonds. The number of aliphatic hydroxyl groups is 3. The Morgan fingerprint density at radius 2 is 1.85 bits per heavy atom. The van der Waals surface area contributed by atoms with E-state index >= 15 is 0 Å². The number of halogens is 1. The summed E-state index contributed by atoms with van der Waals surface area (Å²) in [5.74, 6) is 0. The zero-order valence-corrected chi connectivity index (χ0v) is 7.65. The Kier molecular flexibility index (Phi) is 3.27. The van der Waals surface area contributed by atoms with Gasteiger partial charge in [0, 0.05) is 5.56 Å². The molecule has 2 unspecified atom stereocenters. The van der Waals surface area contributed by atoms with Crippen molar-refractivity contribution in [2.45, 2.75) is 11.2 Å². The molecule has 0 fully saturated rings. The lowest BCUT2D eigenvalue weighted by Crippen LogP contribution is -2.36. The Labute approximate surface area is 81.2 Å². The second kappa shape index (κ2) is 4.07. The van der Waals surface area contributed by atoms with Gasteiger partial charge in [-0.2, -0.15) is 0 Å². The van der Waals surface area contributed by atoms with Crippen molar-refractivity contribution in [3.63, 3.8) is 0 Å². The van der Waals surface area contributed by atoms with Crippen molar-refractivity contribution in [2.75, 3.05) is 6.61 Å². The van der Waals surface area contributed by atoms with Crippen LogP contribution < -0.4 is 0 Å². The fourth-order valence-corrected chi connectivity index (χ4v) is 1.18. The highest BCUT2D eigenvalue weighted by Gasteiger charge is 2.34. The first-order valence-corrected chi connectivity index (χ1v) is 4.22. The molecule has 0 aliphatic carbocycles. The van der Waals surface area contributed by atoms with E-state index < -0.39 is 17.8 Å². The molecular formula is C9H11ClO3. The Bertz CT molecular complexity index is 261. The molecule has 0 saturated carbocycles. The van der Waals surface area contributed by atoms with E-state index in [2.05, 4.69) is 0 Å². The Morgan fingerprint density at radius 3 is 2.31 bits per heavy atom. The van der Waals surface area contributed by atoms with E-state index in [1.54, 1.807) is 30.3 Å². The molecule has 0 aromatic heterocycles. The van der Waals surface area contributed by atoms with Crippen LogP contribution in [0.15, 0.2) is 30.3 Å². The van der Waals surface area contributed by atoms with Crippen molar-refractivity contribution in [3.05, 3.63) is 35.9 Å². The smallest absolute Gasteiger partial charge is 0.192 e. The van der Waals surface area contributed by atoms with Gasteiger partial charge in [0.1, 0.15) is 6.10 Å². The second-order valence-electron chi connectivity index (χ2n) is 2.74. The lowest BCUT2D eigenvalue weighted by atomic mass is 10.0. The molecule has 1 aromatic carbocycles. The van der Waals surface area contributed by atoms with E-state index in [1.807, 2.05) is 0 Å². The van der Waals surface area contributed by atoms with Crippen LogP contribution in [-0.2, 0) is 5.06 Å². The standard InChI is InChI=1S/C9H11ClO3/c10-9(13,8(12)6-11)7-4-2-1-3-5-7/h1-5,8,11-13H,6H2. The molecule has 3 nitrogen and oxygen atoms in total. The molecule has 4 heteroatoms. The number of rotatable bonds is 3. The highest BCUT2D eigenvalue weighted by Crippen LogP contribution is 2.29. The van der Waals surface area contributed by atoms with Gasteiger partial charge in [-0.05, 0) is 0 Å². The normalized spacial score (nSPS) is 17.8. The Morgan fingerprint density at radius 1 is 1.31 bits per heavy atom. The number of hydrogen-bond acceptors (Lipinski definition) is 3. The van der Waals surface area contributed by atoms with Gasteiger partial charge in [0.15, 0.2) is 5.06 Å². The summed E-state index contributed by atoms with van der Waals surface area (Å²) in [6.07, 6.45) is -1.39. The summed E-state index contributed by atoms with van der Waals surface area (Å²) in [5.41, 5.74) is 0.359. The van der Waals surface area contributed by atoms with Crippen LogP contribution in [0.1, 0.15) is 5.56 Å². The van der Waals surface area contributed by atoms with Crippen molar-refractivity contribution < 1.29 is 15.3 Å². The van der Waals surface area contributed by atoms with Gasteiger partial charge in [-0.25, -0.2) is 0 Å². The Hall–Kier alpha value is -0.610. The first kappa shape index (κ1) is 10.5. The predicted molar refractivity (Wildman–Crippen MR) is 49.3 cm³/mol. The van der Waals surface area contributed by atoms with Crippen molar-refractivity contribution in [1.82, 2.24) is 0 Å². The summed E-state index contributed by atoms with van der Waals surface area (Å²) in [5, 5.41) is 25.5. The lowest BCUT2D eigenvalue weighted by Gasteiger charge is -2.25. The quantitative estimate of drug-likeness (QED) is 0.623. The summed E-state index contributed by atoms with van der Waals surface area (Å²) in [7, 11) is 0. The number of hydrogen-bond donors (Lipinski definition) is 3. The topological polar surface area (TPSA) is 60.7 Å². The third-order valence-electron chi connectivity index (χ3n) is 1.79. The van der Waals surface area contributed by atoms with Gasteiger partial charge in [-0.1, -0.05) is 41.9 Å². The monoisotopic (exact) mass is 202 g/mol. The fraction of sp³-hybridized carbons (Fsp3) is 0.333. The minimum Gasteiger partial charge on any atom is -0.394 e. The van der Waals surface area contributed by atoms with Gasteiger partial charge in [0.25, 0.3) is 0 Å². The molecule has 72 valence electrons. The van der Waals surface area contributed by atoms with Gasteiger partial charge < -0.3 is 15.3 Å². The molecule has 0 bridgehead atoms. The van der Waals surface area contributed by atoms with E-state index in [-0.39, 0.29) is 0 Å². The fourth-order valence-electron chi connectivity index (χ4n) is 0.985. The molecule has 2 atom stereocenters. The minimum atomic E-state index is -1.92. The van der Waals surface area contributed by atoms with Gasteiger partial charge >= 0.3 is 0 Å². The average molecular weight is 203 g/mol. The first-order chi connectivity index (χ1) is 6.09. The molecule has 0 saturated heterocycles. The first-order valence-electron chi connectivity index (χ1n) is 3.84. The zero-order valence-electron chi connectivity index (χ0n) is 6.89. The lowest BCUT2D eigenvalue weighted by molar-refractivity contribution is -0.0444. The number of aliphatic hydroxyl groups excluding tert-OH is 2. The van der Waals surface area contributed by atoms with Crippen molar-refractivity contribution >= 4 is 11.6 Å². The summed E-state index contributed by atoms with van der Waals surface area (Å²) < 4.78 is 0. The van der Waals surface area contributed by atoms with Crippen LogP contribution in [0.5, 0.6) is 0 Å². The van der Waals surface area contributed by atoms with Crippen LogP contribution in [0.2, 0.25) is 0 Å². The van der Waals surface area contributed by atoms with Crippen LogP contribution in [0.4, 0.5) is 0 Å². The van der Waals surface area contributed by atoms with Crippen molar-refractivity contribution in [1.29, 1.82) is 0 Å².